The summed E-state index contributed by atoms with van der Waals surface area (Å²) in [7, 11) is 0. The van der Waals surface area contributed by atoms with Crippen LogP contribution in [0.4, 0.5) is 17.3 Å². The van der Waals surface area contributed by atoms with Gasteiger partial charge in [0.15, 0.2) is 11.6 Å². The van der Waals surface area contributed by atoms with Gasteiger partial charge in [-0.05, 0) is 61.5 Å². The third kappa shape index (κ3) is 5.83. The predicted molar refractivity (Wildman–Crippen MR) is 137 cm³/mol. The molecule has 1 unspecified atom stereocenters. The van der Waals surface area contributed by atoms with Crippen molar-refractivity contribution in [1.29, 1.82) is 0 Å². The van der Waals surface area contributed by atoms with E-state index in [4.69, 9.17) is 0 Å². The van der Waals surface area contributed by atoms with Gasteiger partial charge in [0.25, 0.3) is 0 Å². The van der Waals surface area contributed by atoms with Gasteiger partial charge < -0.3 is 16.0 Å². The maximum atomic E-state index is 12.5. The molecule has 2 amide bonds. The summed E-state index contributed by atoms with van der Waals surface area (Å²) in [5, 5.41) is 21.4. The molecule has 11 nitrogen and oxygen atoms in total. The summed E-state index contributed by atoms with van der Waals surface area (Å²) >= 11 is 1.43. The van der Waals surface area contributed by atoms with Gasteiger partial charge >= 0.3 is 0 Å². The van der Waals surface area contributed by atoms with Gasteiger partial charge in [-0.25, -0.2) is 9.50 Å². The number of fused-ring (bicyclic) bond motifs is 1. The maximum absolute atomic E-state index is 12.5. The van der Waals surface area contributed by atoms with Gasteiger partial charge in [-0.3, -0.25) is 19.6 Å². The number of carbonyl (C=O) groups excluding carboxylic acids is 2. The van der Waals surface area contributed by atoms with Crippen LogP contribution in [0.3, 0.4) is 0 Å². The minimum Gasteiger partial charge on any atom is -0.352 e. The van der Waals surface area contributed by atoms with Crippen LogP contribution in [0.1, 0.15) is 19.0 Å². The largest absolute Gasteiger partial charge is 0.352 e. The fourth-order valence-electron chi connectivity index (χ4n) is 4.15. The summed E-state index contributed by atoms with van der Waals surface area (Å²) in [6.07, 6.45) is 2.73. The first-order valence-electron chi connectivity index (χ1n) is 11.6. The summed E-state index contributed by atoms with van der Waals surface area (Å²) in [4.78, 5) is 31.4. The number of nitrogens with one attached hydrogen (secondary N) is 4. The quantitative estimate of drug-likeness (QED) is 0.287. The fourth-order valence-corrected chi connectivity index (χ4v) is 4.90. The molecule has 1 fully saturated rings. The summed E-state index contributed by atoms with van der Waals surface area (Å²) < 4.78 is 1.78. The molecule has 4 aromatic rings. The molecule has 1 aromatic carbocycles. The van der Waals surface area contributed by atoms with Crippen molar-refractivity contribution in [2.24, 2.45) is 0 Å². The lowest BCUT2D eigenvalue weighted by Crippen LogP contribution is -2.37. The molecule has 0 aliphatic carbocycles. The van der Waals surface area contributed by atoms with Crippen molar-refractivity contribution in [1.82, 2.24) is 35.0 Å². The van der Waals surface area contributed by atoms with Crippen molar-refractivity contribution >= 4 is 46.4 Å². The van der Waals surface area contributed by atoms with Gasteiger partial charge in [-0.1, -0.05) is 0 Å². The Morgan fingerprint density at radius 2 is 2.06 bits per heavy atom. The Morgan fingerprint density at radius 3 is 2.81 bits per heavy atom. The first-order chi connectivity index (χ1) is 17.4. The van der Waals surface area contributed by atoms with E-state index in [1.54, 1.807) is 4.52 Å². The fraction of sp³-hybridized carbons (Fsp3) is 0.292. The van der Waals surface area contributed by atoms with E-state index in [0.717, 1.165) is 34.8 Å². The summed E-state index contributed by atoms with van der Waals surface area (Å²) in [6.45, 7) is 5.22. The SMILES string of the molecule is CC(=O)NC1CCN(CC(=O)Nc2ccc(Sc3nc(Nc4cc(C)[nH]n4)c4cccn4n3)cc2)C1. The van der Waals surface area contributed by atoms with Crippen molar-refractivity contribution in [3.63, 3.8) is 0 Å². The molecule has 5 rings (SSSR count). The van der Waals surface area contributed by atoms with Gasteiger partial charge in [-0.2, -0.15) is 5.10 Å². The minimum absolute atomic E-state index is 0.0387. The van der Waals surface area contributed by atoms with Crippen LogP contribution < -0.4 is 16.0 Å². The average molecular weight is 506 g/mol. The van der Waals surface area contributed by atoms with E-state index in [-0.39, 0.29) is 17.9 Å². The van der Waals surface area contributed by atoms with E-state index >= 15 is 0 Å². The first-order valence-corrected chi connectivity index (χ1v) is 12.4. The number of nitrogens with zero attached hydrogens (tertiary/aromatic N) is 5. The molecule has 1 aliphatic heterocycles. The third-order valence-electron chi connectivity index (χ3n) is 5.72. The van der Waals surface area contributed by atoms with Gasteiger partial charge in [0.1, 0.15) is 5.52 Å². The van der Waals surface area contributed by atoms with Crippen LogP contribution in [-0.4, -0.2) is 67.2 Å². The Kier molecular flexibility index (Phi) is 6.87. The van der Waals surface area contributed by atoms with Crippen LogP contribution in [-0.2, 0) is 9.59 Å². The zero-order chi connectivity index (χ0) is 25.1. The summed E-state index contributed by atoms with van der Waals surface area (Å²) in [6, 6.07) is 13.5. The third-order valence-corrected chi connectivity index (χ3v) is 6.58. The standard InChI is InChI=1S/C24H27N9O2S/c1-15-12-21(30-29-15)27-23-20-4-3-10-33(20)31-24(28-23)36-19-7-5-17(6-8-19)26-22(35)14-32-11-9-18(13-32)25-16(2)34/h3-8,10,12,18H,9,11,13-14H2,1-2H3,(H,25,34)(H,26,35)(H2,27,28,29,30,31). The number of aryl methyl sites for hydroxylation is 1. The molecule has 4 N–H and O–H groups in total. The van der Waals surface area contributed by atoms with Crippen molar-refractivity contribution < 1.29 is 9.59 Å². The molecule has 0 bridgehead atoms. The van der Waals surface area contributed by atoms with E-state index in [1.165, 1.54) is 18.7 Å². The number of aromatic amines is 1. The predicted octanol–water partition coefficient (Wildman–Crippen LogP) is 2.80. The molecular weight excluding hydrogens is 478 g/mol. The van der Waals surface area contributed by atoms with Gasteiger partial charge in [0.05, 0.1) is 6.54 Å². The second-order valence-electron chi connectivity index (χ2n) is 8.74. The van der Waals surface area contributed by atoms with Gasteiger partial charge in [0.2, 0.25) is 17.0 Å². The molecule has 3 aromatic heterocycles. The highest BCUT2D eigenvalue weighted by atomic mass is 32.2. The molecule has 0 saturated carbocycles. The summed E-state index contributed by atoms with van der Waals surface area (Å²) in [5.41, 5.74) is 2.52. The number of hydrogen-bond acceptors (Lipinski definition) is 8. The highest BCUT2D eigenvalue weighted by molar-refractivity contribution is 7.99. The molecule has 1 atom stereocenters. The van der Waals surface area contributed by atoms with Gasteiger partial charge in [0, 0.05) is 54.6 Å². The highest BCUT2D eigenvalue weighted by Gasteiger charge is 2.24. The molecule has 0 spiro atoms. The number of benzene rings is 1. The van der Waals surface area contributed by atoms with E-state index in [1.807, 2.05) is 60.5 Å². The van der Waals surface area contributed by atoms with E-state index < -0.39 is 0 Å². The van der Waals surface area contributed by atoms with Crippen molar-refractivity contribution in [3.8, 4) is 0 Å². The Bertz CT molecular complexity index is 1380. The van der Waals surface area contributed by atoms with Crippen LogP contribution in [0, 0.1) is 6.92 Å². The van der Waals surface area contributed by atoms with Crippen LogP contribution in [0.5, 0.6) is 0 Å². The molecule has 0 radical (unpaired) electrons. The highest BCUT2D eigenvalue weighted by Crippen LogP contribution is 2.29. The number of likely N-dealkylation sites (tertiary alicyclic amines) is 1. The zero-order valence-electron chi connectivity index (χ0n) is 20.0. The molecule has 186 valence electrons. The first kappa shape index (κ1) is 23.8. The zero-order valence-corrected chi connectivity index (χ0v) is 20.8. The second-order valence-corrected chi connectivity index (χ2v) is 9.78. The van der Waals surface area contributed by atoms with Crippen LogP contribution >= 0.6 is 11.8 Å². The second kappa shape index (κ2) is 10.4. The molecule has 1 aliphatic rings. The smallest absolute Gasteiger partial charge is 0.238 e. The number of rotatable bonds is 8. The molecule has 4 heterocycles. The lowest BCUT2D eigenvalue weighted by molar-refractivity contribution is -0.119. The van der Waals surface area contributed by atoms with E-state index in [0.29, 0.717) is 29.9 Å². The topological polar surface area (TPSA) is 132 Å². The molecule has 12 heteroatoms. The Morgan fingerprint density at radius 1 is 1.22 bits per heavy atom. The van der Waals surface area contributed by atoms with E-state index in [9.17, 15) is 9.59 Å². The Labute approximate surface area is 212 Å². The lowest BCUT2D eigenvalue weighted by atomic mass is 10.2. The number of carbonyl (C=O) groups is 2. The number of amides is 2. The molecule has 1 saturated heterocycles. The molecular formula is C24H27N9O2S. The van der Waals surface area contributed by atoms with E-state index in [2.05, 4.69) is 36.2 Å². The number of H-pyrrole nitrogens is 1. The van der Waals surface area contributed by atoms with Crippen molar-refractivity contribution in [3.05, 3.63) is 54.4 Å². The monoisotopic (exact) mass is 505 g/mol. The lowest BCUT2D eigenvalue weighted by Gasteiger charge is -2.16. The van der Waals surface area contributed by atoms with Crippen molar-refractivity contribution in [2.45, 2.75) is 36.4 Å². The normalized spacial score (nSPS) is 15.8. The average Bonchev–Trinajstić information content (AvgIpc) is 3.57. The summed E-state index contributed by atoms with van der Waals surface area (Å²) in [5.74, 6) is 1.23. The van der Waals surface area contributed by atoms with Gasteiger partial charge in [-0.15, -0.1) is 5.10 Å². The number of hydrogen-bond donors (Lipinski definition) is 4. The maximum Gasteiger partial charge on any atom is 0.238 e. The molecule has 36 heavy (non-hydrogen) atoms. The number of anilines is 3. The Balaban J connectivity index is 1.20. The van der Waals surface area contributed by atoms with Crippen molar-refractivity contribution in [2.75, 3.05) is 30.3 Å². The van der Waals surface area contributed by atoms with Crippen LogP contribution in [0.25, 0.3) is 5.52 Å². The number of aromatic nitrogens is 5. The minimum atomic E-state index is -0.0791. The Hall–Kier alpha value is -3.90. The van der Waals surface area contributed by atoms with Crippen LogP contribution in [0.15, 0.2) is 58.7 Å². The van der Waals surface area contributed by atoms with Crippen LogP contribution in [0.2, 0.25) is 0 Å².